The summed E-state index contributed by atoms with van der Waals surface area (Å²) in [5.41, 5.74) is 4.73. The number of phenols is 1. The number of hydrogen-bond acceptors (Lipinski definition) is 4. The molecule has 0 unspecified atom stereocenters. The van der Waals surface area contributed by atoms with Gasteiger partial charge in [-0.15, -0.1) is 0 Å². The first-order chi connectivity index (χ1) is 11.5. The molecule has 2 aromatic rings. The number of methoxy groups -OCH3 is 1. The fourth-order valence-electron chi connectivity index (χ4n) is 2.79. The van der Waals surface area contributed by atoms with Gasteiger partial charge in [-0.25, -0.2) is 0 Å². The highest BCUT2D eigenvalue weighted by atomic mass is 16.5. The zero-order valence-electron chi connectivity index (χ0n) is 13.9. The number of ether oxygens (including phenoxy) is 3. The molecule has 1 aliphatic heterocycles. The van der Waals surface area contributed by atoms with Gasteiger partial charge in [0.05, 0.1) is 7.11 Å². The lowest BCUT2D eigenvalue weighted by Gasteiger charge is -2.17. The third-order valence-corrected chi connectivity index (χ3v) is 3.92. The summed E-state index contributed by atoms with van der Waals surface area (Å²) in [6.45, 7) is 10.5. The van der Waals surface area contributed by atoms with Crippen molar-refractivity contribution in [2.24, 2.45) is 0 Å². The molecule has 0 spiro atoms. The first kappa shape index (κ1) is 16.0. The second kappa shape index (κ2) is 6.32. The molecule has 0 saturated heterocycles. The minimum absolute atomic E-state index is 0.0335. The van der Waals surface area contributed by atoms with Crippen LogP contribution in [0.5, 0.6) is 17.2 Å². The van der Waals surface area contributed by atoms with Crippen LogP contribution in [0.4, 0.5) is 0 Å². The van der Waals surface area contributed by atoms with Crippen LogP contribution >= 0.6 is 0 Å². The summed E-state index contributed by atoms with van der Waals surface area (Å²) in [7, 11) is 1.51. The van der Waals surface area contributed by atoms with E-state index in [9.17, 15) is 5.11 Å². The molecular weight excluding hydrogens is 304 g/mol. The highest BCUT2D eigenvalue weighted by molar-refractivity contribution is 5.82. The smallest absolute Gasteiger partial charge is 0.203 e. The Morgan fingerprint density at radius 3 is 2.62 bits per heavy atom. The Hall–Kier alpha value is -2.88. The van der Waals surface area contributed by atoms with E-state index in [0.29, 0.717) is 30.5 Å². The Labute approximate surface area is 141 Å². The topological polar surface area (TPSA) is 47.9 Å². The molecule has 124 valence electrons. The number of rotatable bonds is 5. The fourth-order valence-corrected chi connectivity index (χ4v) is 2.79. The maximum Gasteiger partial charge on any atom is 0.203 e. The van der Waals surface area contributed by atoms with Crippen LogP contribution in [0.1, 0.15) is 18.1 Å². The molecule has 0 radical (unpaired) electrons. The van der Waals surface area contributed by atoms with Crippen LogP contribution in [0.15, 0.2) is 49.1 Å². The van der Waals surface area contributed by atoms with Gasteiger partial charge in [0.15, 0.2) is 11.5 Å². The molecule has 4 heteroatoms. The van der Waals surface area contributed by atoms with Gasteiger partial charge in [-0.05, 0) is 30.2 Å². The van der Waals surface area contributed by atoms with Gasteiger partial charge in [0.25, 0.3) is 0 Å². The monoisotopic (exact) mass is 324 g/mol. The van der Waals surface area contributed by atoms with Gasteiger partial charge >= 0.3 is 0 Å². The van der Waals surface area contributed by atoms with Crippen molar-refractivity contribution in [1.29, 1.82) is 0 Å². The van der Waals surface area contributed by atoms with Crippen LogP contribution < -0.4 is 9.47 Å². The van der Waals surface area contributed by atoms with Gasteiger partial charge < -0.3 is 19.3 Å². The second-order valence-corrected chi connectivity index (χ2v) is 5.78. The number of phenolic OH excluding ortho intramolecular Hbond substituents is 1. The van der Waals surface area contributed by atoms with E-state index in [-0.39, 0.29) is 5.75 Å². The van der Waals surface area contributed by atoms with Gasteiger partial charge in [-0.2, -0.15) is 0 Å². The summed E-state index contributed by atoms with van der Waals surface area (Å²) in [5.74, 6) is 1.50. The molecule has 0 saturated carbocycles. The molecular formula is C20H20O4. The zero-order valence-corrected chi connectivity index (χ0v) is 13.9. The number of aromatic hydroxyl groups is 1. The third-order valence-electron chi connectivity index (χ3n) is 3.92. The van der Waals surface area contributed by atoms with Crippen molar-refractivity contribution in [3.05, 3.63) is 60.2 Å². The largest absolute Gasteiger partial charge is 0.504 e. The van der Waals surface area contributed by atoms with Crippen molar-refractivity contribution in [1.82, 2.24) is 0 Å². The van der Waals surface area contributed by atoms with Crippen molar-refractivity contribution >= 4 is 5.76 Å². The van der Waals surface area contributed by atoms with E-state index >= 15 is 0 Å². The predicted octanol–water partition coefficient (Wildman–Crippen LogP) is 4.52. The van der Waals surface area contributed by atoms with E-state index in [4.69, 9.17) is 14.2 Å². The van der Waals surface area contributed by atoms with Crippen LogP contribution in [0.3, 0.4) is 0 Å². The first-order valence-corrected chi connectivity index (χ1v) is 7.64. The molecule has 0 amide bonds. The molecule has 1 heterocycles. The summed E-state index contributed by atoms with van der Waals surface area (Å²) >= 11 is 0. The Morgan fingerprint density at radius 2 is 1.92 bits per heavy atom. The van der Waals surface area contributed by atoms with E-state index in [1.54, 1.807) is 6.07 Å². The molecule has 3 rings (SSSR count). The van der Waals surface area contributed by atoms with E-state index in [0.717, 1.165) is 27.8 Å². The van der Waals surface area contributed by atoms with Crippen molar-refractivity contribution in [3.63, 3.8) is 0 Å². The van der Waals surface area contributed by atoms with E-state index in [1.807, 2.05) is 31.2 Å². The lowest BCUT2D eigenvalue weighted by Crippen LogP contribution is -2.02. The van der Waals surface area contributed by atoms with Gasteiger partial charge in [-0.1, -0.05) is 31.4 Å². The second-order valence-electron chi connectivity index (χ2n) is 5.78. The Bertz CT molecular complexity index is 821. The molecule has 2 aromatic carbocycles. The van der Waals surface area contributed by atoms with E-state index in [1.165, 1.54) is 7.11 Å². The molecule has 0 aliphatic carbocycles. The molecule has 0 atom stereocenters. The Morgan fingerprint density at radius 1 is 1.17 bits per heavy atom. The number of hydrogen-bond donors (Lipinski definition) is 1. The first-order valence-electron chi connectivity index (χ1n) is 7.64. The molecule has 0 fully saturated rings. The molecule has 24 heavy (non-hydrogen) atoms. The summed E-state index contributed by atoms with van der Waals surface area (Å²) in [5, 5.41) is 10.1. The van der Waals surface area contributed by atoms with Crippen LogP contribution in [0.25, 0.3) is 16.9 Å². The van der Waals surface area contributed by atoms with Crippen molar-refractivity contribution < 1.29 is 19.3 Å². The average molecular weight is 324 g/mol. The maximum atomic E-state index is 10.1. The maximum absolute atomic E-state index is 10.1. The quantitative estimate of drug-likeness (QED) is 0.821. The minimum atomic E-state index is 0.0335. The van der Waals surface area contributed by atoms with E-state index in [2.05, 4.69) is 13.2 Å². The normalized spacial score (nSPS) is 12.5. The van der Waals surface area contributed by atoms with Crippen LogP contribution in [-0.4, -0.2) is 18.8 Å². The standard InChI is InChI=1S/C20H20O4/c1-12(2)10-24-19-16(8-9-18(21)20(19)22-4)15-7-5-6-14-13(3)23-11-17(14)15/h5-9,21H,1,3,10-11H2,2,4H3. The predicted molar refractivity (Wildman–Crippen MR) is 94.2 cm³/mol. The summed E-state index contributed by atoms with van der Waals surface area (Å²) in [6, 6.07) is 9.37. The van der Waals surface area contributed by atoms with Crippen molar-refractivity contribution in [2.75, 3.05) is 13.7 Å². The summed E-state index contributed by atoms with van der Waals surface area (Å²) < 4.78 is 16.8. The van der Waals surface area contributed by atoms with Crippen LogP contribution in [0, 0.1) is 0 Å². The van der Waals surface area contributed by atoms with Crippen LogP contribution in [0.2, 0.25) is 0 Å². The fraction of sp³-hybridized carbons (Fsp3) is 0.200. The van der Waals surface area contributed by atoms with Gasteiger partial charge in [0.2, 0.25) is 5.75 Å². The molecule has 1 N–H and O–H groups in total. The minimum Gasteiger partial charge on any atom is -0.504 e. The molecule has 0 aromatic heterocycles. The molecule has 0 bridgehead atoms. The number of fused-ring (bicyclic) bond motifs is 1. The van der Waals surface area contributed by atoms with Crippen molar-refractivity contribution in [2.45, 2.75) is 13.5 Å². The van der Waals surface area contributed by atoms with Gasteiger partial charge in [-0.3, -0.25) is 0 Å². The molecule has 4 nitrogen and oxygen atoms in total. The lowest BCUT2D eigenvalue weighted by atomic mass is 9.95. The highest BCUT2D eigenvalue weighted by Crippen LogP contribution is 2.46. The van der Waals surface area contributed by atoms with Crippen molar-refractivity contribution in [3.8, 4) is 28.4 Å². The Kier molecular flexibility index (Phi) is 4.21. The zero-order chi connectivity index (χ0) is 17.3. The summed E-state index contributed by atoms with van der Waals surface area (Å²) in [4.78, 5) is 0. The van der Waals surface area contributed by atoms with Crippen LogP contribution in [-0.2, 0) is 11.3 Å². The summed E-state index contributed by atoms with van der Waals surface area (Å²) in [6.07, 6.45) is 0. The van der Waals surface area contributed by atoms with Gasteiger partial charge in [0, 0.05) is 16.7 Å². The Balaban J connectivity index is 2.18. The third kappa shape index (κ3) is 2.71. The SMILES string of the molecule is C=C(C)COc1c(-c2cccc3c2COC3=C)ccc(O)c1OC. The highest BCUT2D eigenvalue weighted by Gasteiger charge is 2.24. The van der Waals surface area contributed by atoms with Gasteiger partial charge in [0.1, 0.15) is 19.0 Å². The average Bonchev–Trinajstić information content (AvgIpc) is 2.94. The number of benzene rings is 2. The molecule has 1 aliphatic rings. The lowest BCUT2D eigenvalue weighted by molar-refractivity contribution is 0.286. The van der Waals surface area contributed by atoms with E-state index < -0.39 is 0 Å².